The number of hydrogen-bond donors (Lipinski definition) is 0. The highest BCUT2D eigenvalue weighted by atomic mass is 19.4. The number of pyridine rings is 1. The van der Waals surface area contributed by atoms with Gasteiger partial charge in [-0.3, -0.25) is 0 Å². The third-order valence-corrected chi connectivity index (χ3v) is 2.35. The molecule has 0 N–H and O–H groups in total. The summed E-state index contributed by atoms with van der Waals surface area (Å²) in [6, 6.07) is 3.15. The lowest BCUT2D eigenvalue weighted by Gasteiger charge is -2.06. The maximum Gasteiger partial charge on any atom is 0.417 e. The van der Waals surface area contributed by atoms with Crippen molar-refractivity contribution in [3.63, 3.8) is 0 Å². The number of hydrogen-bond acceptors (Lipinski definition) is 4. The van der Waals surface area contributed by atoms with Crippen LogP contribution in [0.15, 0.2) is 24.4 Å². The van der Waals surface area contributed by atoms with Crippen molar-refractivity contribution in [2.45, 2.75) is 13.1 Å². The van der Waals surface area contributed by atoms with Gasteiger partial charge >= 0.3 is 12.0 Å². The number of nitro groups is 1. The van der Waals surface area contributed by atoms with Crippen LogP contribution in [-0.2, 0) is 6.18 Å². The van der Waals surface area contributed by atoms with Crippen LogP contribution in [0.5, 0.6) is 0 Å². The third kappa shape index (κ3) is 2.54. The lowest BCUT2D eigenvalue weighted by molar-refractivity contribution is -0.389. The zero-order valence-corrected chi connectivity index (χ0v) is 9.55. The van der Waals surface area contributed by atoms with E-state index >= 15 is 0 Å². The topological polar surface area (TPSA) is 73.8 Å². The van der Waals surface area contributed by atoms with E-state index in [-0.39, 0.29) is 11.6 Å². The molecule has 0 bridgehead atoms. The van der Waals surface area contributed by atoms with E-state index in [1.165, 1.54) is 6.07 Å². The lowest BCUT2D eigenvalue weighted by Crippen LogP contribution is -2.08. The number of halogens is 3. The van der Waals surface area contributed by atoms with Crippen LogP contribution >= 0.6 is 0 Å². The minimum absolute atomic E-state index is 0.0820. The van der Waals surface area contributed by atoms with E-state index in [9.17, 15) is 23.3 Å². The Morgan fingerprint density at radius 3 is 2.47 bits per heavy atom. The molecule has 0 aromatic carbocycles. The molecule has 0 saturated heterocycles. The first kappa shape index (κ1) is 13.0. The molecule has 0 aliphatic rings. The van der Waals surface area contributed by atoms with Crippen molar-refractivity contribution in [3.05, 3.63) is 45.8 Å². The van der Waals surface area contributed by atoms with Crippen LogP contribution in [0.3, 0.4) is 0 Å². The van der Waals surface area contributed by atoms with Gasteiger partial charge in [0.05, 0.1) is 22.4 Å². The molecule has 0 spiro atoms. The summed E-state index contributed by atoms with van der Waals surface area (Å²) in [6.45, 7) is 1.54. The molecule has 9 heteroatoms. The minimum Gasteiger partial charge on any atom is -0.358 e. The maximum absolute atomic E-state index is 12.4. The van der Waals surface area contributed by atoms with Gasteiger partial charge in [0.15, 0.2) is 5.82 Å². The highest BCUT2D eigenvalue weighted by Crippen LogP contribution is 2.28. The Bertz CT molecular complexity index is 619. The summed E-state index contributed by atoms with van der Waals surface area (Å²) in [7, 11) is 0. The molecule has 0 aliphatic heterocycles. The molecule has 2 aromatic heterocycles. The zero-order chi connectivity index (χ0) is 14.2. The van der Waals surface area contributed by atoms with Crippen molar-refractivity contribution in [1.29, 1.82) is 0 Å². The van der Waals surface area contributed by atoms with Gasteiger partial charge in [-0.2, -0.15) is 13.2 Å². The Kier molecular flexibility index (Phi) is 2.97. The van der Waals surface area contributed by atoms with E-state index in [0.717, 1.165) is 16.8 Å². The summed E-state index contributed by atoms with van der Waals surface area (Å²) in [4.78, 5) is 13.5. The standard InChI is InChI=1S/C10H7F3N4O2/c1-6-4-9(17(18)19)15-16(6)8-3-2-7(5-14-8)10(11,12)13/h2-5H,1H3. The molecule has 0 unspecified atom stereocenters. The second kappa shape index (κ2) is 4.34. The molecule has 0 atom stereocenters. The average molecular weight is 272 g/mol. The van der Waals surface area contributed by atoms with Crippen molar-refractivity contribution in [2.24, 2.45) is 0 Å². The normalized spacial score (nSPS) is 11.6. The molecule has 0 radical (unpaired) electrons. The van der Waals surface area contributed by atoms with Crippen LogP contribution in [0, 0.1) is 17.0 Å². The zero-order valence-electron chi connectivity index (χ0n) is 9.55. The summed E-state index contributed by atoms with van der Waals surface area (Å²) < 4.78 is 38.2. The second-order valence-corrected chi connectivity index (χ2v) is 3.72. The van der Waals surface area contributed by atoms with E-state index < -0.39 is 16.7 Å². The first-order valence-corrected chi connectivity index (χ1v) is 5.04. The second-order valence-electron chi connectivity index (χ2n) is 3.72. The van der Waals surface area contributed by atoms with Gasteiger partial charge in [-0.15, -0.1) is 4.68 Å². The van der Waals surface area contributed by atoms with Gasteiger partial charge in [0, 0.05) is 6.20 Å². The number of nitrogens with zero attached hydrogens (tertiary/aromatic N) is 4. The Morgan fingerprint density at radius 2 is 2.05 bits per heavy atom. The number of alkyl halides is 3. The number of aryl methyl sites for hydroxylation is 1. The van der Waals surface area contributed by atoms with Crippen LogP contribution in [0.4, 0.5) is 19.0 Å². The Morgan fingerprint density at radius 1 is 1.37 bits per heavy atom. The van der Waals surface area contributed by atoms with Gasteiger partial charge in [-0.05, 0) is 24.0 Å². The van der Waals surface area contributed by atoms with E-state index in [4.69, 9.17) is 0 Å². The summed E-state index contributed by atoms with van der Waals surface area (Å²) in [5.41, 5.74) is -0.491. The molecular formula is C10H7F3N4O2. The van der Waals surface area contributed by atoms with Crippen LogP contribution in [-0.4, -0.2) is 19.7 Å². The summed E-state index contributed by atoms with van der Waals surface area (Å²) in [5.74, 6) is -0.308. The monoisotopic (exact) mass is 272 g/mol. The molecule has 0 saturated carbocycles. The smallest absolute Gasteiger partial charge is 0.358 e. The van der Waals surface area contributed by atoms with Crippen molar-refractivity contribution < 1.29 is 18.1 Å². The fourth-order valence-electron chi connectivity index (χ4n) is 1.46. The van der Waals surface area contributed by atoms with Gasteiger partial charge in [-0.1, -0.05) is 0 Å². The van der Waals surface area contributed by atoms with Crippen molar-refractivity contribution in [3.8, 4) is 5.82 Å². The van der Waals surface area contributed by atoms with Gasteiger partial charge in [-0.25, -0.2) is 4.98 Å². The van der Waals surface area contributed by atoms with Crippen molar-refractivity contribution >= 4 is 5.82 Å². The molecule has 0 aliphatic carbocycles. The fourth-order valence-corrected chi connectivity index (χ4v) is 1.46. The van der Waals surface area contributed by atoms with Gasteiger partial charge < -0.3 is 10.1 Å². The van der Waals surface area contributed by atoms with Gasteiger partial charge in [0.25, 0.3) is 0 Å². The van der Waals surface area contributed by atoms with E-state index in [1.54, 1.807) is 6.92 Å². The summed E-state index contributed by atoms with van der Waals surface area (Å²) >= 11 is 0. The molecule has 19 heavy (non-hydrogen) atoms. The fraction of sp³-hybridized carbons (Fsp3) is 0.200. The number of rotatable bonds is 2. The van der Waals surface area contributed by atoms with Crippen LogP contribution in [0.25, 0.3) is 5.82 Å². The SMILES string of the molecule is Cc1cc([N+](=O)[O-])nn1-c1ccc(C(F)(F)F)cn1. The van der Waals surface area contributed by atoms with Gasteiger partial charge in [0.1, 0.15) is 0 Å². The summed E-state index contributed by atoms with van der Waals surface area (Å²) in [5, 5.41) is 14.2. The van der Waals surface area contributed by atoms with E-state index in [1.807, 2.05) is 0 Å². The van der Waals surface area contributed by atoms with Crippen LogP contribution in [0.1, 0.15) is 11.3 Å². The van der Waals surface area contributed by atoms with E-state index in [0.29, 0.717) is 11.9 Å². The molecule has 2 heterocycles. The first-order chi connectivity index (χ1) is 8.79. The molecule has 6 nitrogen and oxygen atoms in total. The predicted molar refractivity (Wildman–Crippen MR) is 57.8 cm³/mol. The number of aromatic nitrogens is 3. The Hall–Kier alpha value is -2.45. The molecule has 0 fully saturated rings. The Balaban J connectivity index is 2.40. The molecule has 2 rings (SSSR count). The molecule has 2 aromatic rings. The van der Waals surface area contributed by atoms with Gasteiger partial charge in [0.2, 0.25) is 0 Å². The highest BCUT2D eigenvalue weighted by Gasteiger charge is 2.31. The first-order valence-electron chi connectivity index (χ1n) is 5.04. The summed E-state index contributed by atoms with van der Waals surface area (Å²) in [6.07, 6.45) is -3.82. The van der Waals surface area contributed by atoms with Crippen molar-refractivity contribution in [1.82, 2.24) is 14.8 Å². The molecule has 100 valence electrons. The average Bonchev–Trinajstić information content (AvgIpc) is 2.70. The quantitative estimate of drug-likeness (QED) is 0.621. The predicted octanol–water partition coefficient (Wildman–Crippen LogP) is 2.50. The molecule has 0 amide bonds. The lowest BCUT2D eigenvalue weighted by atomic mass is 10.3. The highest BCUT2D eigenvalue weighted by molar-refractivity contribution is 5.32. The molecular weight excluding hydrogens is 265 g/mol. The van der Waals surface area contributed by atoms with E-state index in [2.05, 4.69) is 10.1 Å². The van der Waals surface area contributed by atoms with Crippen molar-refractivity contribution in [2.75, 3.05) is 0 Å². The van der Waals surface area contributed by atoms with Crippen LogP contribution in [0.2, 0.25) is 0 Å². The largest absolute Gasteiger partial charge is 0.417 e. The maximum atomic E-state index is 12.4. The third-order valence-electron chi connectivity index (χ3n) is 2.35. The van der Waals surface area contributed by atoms with Crippen LogP contribution < -0.4 is 0 Å². The Labute approximate surface area is 104 Å². The minimum atomic E-state index is -4.48.